The van der Waals surface area contributed by atoms with E-state index in [2.05, 4.69) is 0 Å². The molecule has 0 N–H and O–H groups in total. The molecule has 0 unspecified atom stereocenters. The molecule has 9 nitrogen and oxygen atoms in total. The molecule has 1 aliphatic carbocycles. The third-order valence-electron chi connectivity index (χ3n) is 5.86. The number of esters is 1. The van der Waals surface area contributed by atoms with Gasteiger partial charge in [0, 0.05) is 19.0 Å². The largest absolute Gasteiger partial charge is 0.493 e. The van der Waals surface area contributed by atoms with E-state index in [0.717, 1.165) is 18.4 Å². The molecule has 1 aromatic heterocycles. The molecule has 0 atom stereocenters. The molecule has 0 bridgehead atoms. The van der Waals surface area contributed by atoms with Crippen LogP contribution >= 0.6 is 0 Å². The zero-order chi connectivity index (χ0) is 25.2. The van der Waals surface area contributed by atoms with Gasteiger partial charge in [0.1, 0.15) is 12.3 Å². The van der Waals surface area contributed by atoms with E-state index in [-0.39, 0.29) is 43.8 Å². The molecule has 9 heteroatoms. The summed E-state index contributed by atoms with van der Waals surface area (Å²) in [5.74, 6) is 1.15. The molecule has 2 amide bonds. The Morgan fingerprint density at radius 3 is 2.43 bits per heavy atom. The summed E-state index contributed by atoms with van der Waals surface area (Å²) in [6.07, 6.45) is 3.94. The van der Waals surface area contributed by atoms with Crippen LogP contribution < -0.4 is 9.47 Å². The number of carbonyl (C=O) groups is 3. The van der Waals surface area contributed by atoms with Crippen LogP contribution in [-0.2, 0) is 32.1 Å². The highest BCUT2D eigenvalue weighted by atomic mass is 16.5. The van der Waals surface area contributed by atoms with Crippen LogP contribution in [0.15, 0.2) is 41.0 Å². The predicted molar refractivity (Wildman–Crippen MR) is 128 cm³/mol. The van der Waals surface area contributed by atoms with Gasteiger partial charge in [0.15, 0.2) is 11.5 Å². The van der Waals surface area contributed by atoms with Gasteiger partial charge in [-0.05, 0) is 56.0 Å². The minimum Gasteiger partial charge on any atom is -0.493 e. The zero-order valence-corrected chi connectivity index (χ0v) is 20.7. The molecule has 3 rings (SSSR count). The molecule has 1 aromatic carbocycles. The number of nitrogens with zero attached hydrogens (tertiary/aromatic N) is 2. The van der Waals surface area contributed by atoms with E-state index < -0.39 is 5.97 Å². The van der Waals surface area contributed by atoms with Gasteiger partial charge in [-0.15, -0.1) is 0 Å². The molecule has 0 spiro atoms. The van der Waals surface area contributed by atoms with Gasteiger partial charge in [-0.2, -0.15) is 0 Å². The van der Waals surface area contributed by atoms with E-state index >= 15 is 0 Å². The summed E-state index contributed by atoms with van der Waals surface area (Å²) in [4.78, 5) is 41.2. The van der Waals surface area contributed by atoms with Crippen LogP contribution in [0.3, 0.4) is 0 Å². The fourth-order valence-corrected chi connectivity index (χ4v) is 3.82. The Labute approximate surface area is 205 Å². The summed E-state index contributed by atoms with van der Waals surface area (Å²) in [5.41, 5.74) is 0.990. The summed E-state index contributed by atoms with van der Waals surface area (Å²) in [6.45, 7) is 2.71. The first kappa shape index (κ1) is 26.1. The minimum atomic E-state index is -0.405. The Bertz CT molecular complexity index is 986. The SMILES string of the molecule is CCOC(=O)CCC(=O)N(CC(=O)N(CCc1ccc(OC)c(OC)c1)Cc1ccco1)C1CC1. The molecular weight excluding hydrogens is 452 g/mol. The third-order valence-corrected chi connectivity index (χ3v) is 5.86. The van der Waals surface area contributed by atoms with E-state index in [1.54, 1.807) is 43.3 Å². The number of rotatable bonds is 14. The van der Waals surface area contributed by atoms with Crippen molar-refractivity contribution in [1.82, 2.24) is 9.80 Å². The minimum absolute atomic E-state index is 0.0134. The standard InChI is InChI=1S/C26H34N2O7/c1-4-34-26(31)12-11-24(29)28(20-8-9-20)18-25(30)27(17-21-6-5-15-35-21)14-13-19-7-10-22(32-2)23(16-19)33-3/h5-7,10,15-16,20H,4,8-9,11-14,17-18H2,1-3H3. The maximum Gasteiger partial charge on any atom is 0.306 e. The summed E-state index contributed by atoms with van der Waals surface area (Å²) < 4.78 is 21.1. The molecular formula is C26H34N2O7. The van der Waals surface area contributed by atoms with Gasteiger partial charge in [0.25, 0.3) is 0 Å². The Kier molecular flexibility index (Phi) is 9.57. The number of amides is 2. The van der Waals surface area contributed by atoms with E-state index in [0.29, 0.717) is 36.8 Å². The molecule has 2 aromatic rings. The van der Waals surface area contributed by atoms with Crippen LogP contribution in [0, 0.1) is 0 Å². The van der Waals surface area contributed by atoms with Gasteiger partial charge in [0.2, 0.25) is 11.8 Å². The number of carbonyl (C=O) groups excluding carboxylic acids is 3. The van der Waals surface area contributed by atoms with E-state index in [4.69, 9.17) is 18.6 Å². The van der Waals surface area contributed by atoms with E-state index in [1.807, 2.05) is 24.3 Å². The predicted octanol–water partition coefficient (Wildman–Crippen LogP) is 3.20. The fraction of sp³-hybridized carbons (Fsp3) is 0.500. The van der Waals surface area contributed by atoms with Crippen molar-refractivity contribution < 1.29 is 33.0 Å². The Morgan fingerprint density at radius 1 is 1.03 bits per heavy atom. The first-order valence-electron chi connectivity index (χ1n) is 11.9. The number of hydrogen-bond donors (Lipinski definition) is 0. The monoisotopic (exact) mass is 486 g/mol. The number of hydrogen-bond acceptors (Lipinski definition) is 7. The second kappa shape index (κ2) is 12.8. The maximum absolute atomic E-state index is 13.4. The quantitative estimate of drug-likeness (QED) is 0.378. The van der Waals surface area contributed by atoms with Crippen LogP contribution in [0.25, 0.3) is 0 Å². The van der Waals surface area contributed by atoms with Gasteiger partial charge in [-0.1, -0.05) is 6.07 Å². The molecule has 0 aliphatic heterocycles. The van der Waals surface area contributed by atoms with Crippen molar-refractivity contribution in [2.45, 2.75) is 51.6 Å². The van der Waals surface area contributed by atoms with E-state index in [1.165, 1.54) is 0 Å². The lowest BCUT2D eigenvalue weighted by molar-refractivity contribution is -0.146. The zero-order valence-electron chi connectivity index (χ0n) is 20.7. The number of methoxy groups -OCH3 is 2. The van der Waals surface area contributed by atoms with Crippen molar-refractivity contribution in [3.8, 4) is 11.5 Å². The number of furan rings is 1. The molecule has 1 aliphatic rings. The van der Waals surface area contributed by atoms with Gasteiger partial charge < -0.3 is 28.4 Å². The summed E-state index contributed by atoms with van der Waals surface area (Å²) >= 11 is 0. The lowest BCUT2D eigenvalue weighted by Gasteiger charge is -2.27. The van der Waals surface area contributed by atoms with Crippen LogP contribution in [0.4, 0.5) is 0 Å². The Morgan fingerprint density at radius 2 is 1.80 bits per heavy atom. The van der Waals surface area contributed by atoms with Crippen molar-refractivity contribution in [3.05, 3.63) is 47.9 Å². The average Bonchev–Trinajstić information content (AvgIpc) is 3.58. The summed E-state index contributed by atoms with van der Waals surface area (Å²) in [6, 6.07) is 9.31. The first-order valence-corrected chi connectivity index (χ1v) is 11.9. The van der Waals surface area contributed by atoms with Crippen LogP contribution in [0.5, 0.6) is 11.5 Å². The average molecular weight is 487 g/mol. The van der Waals surface area contributed by atoms with Crippen LogP contribution in [-0.4, -0.2) is 67.5 Å². The summed E-state index contributed by atoms with van der Waals surface area (Å²) in [7, 11) is 3.17. The first-order chi connectivity index (χ1) is 16.9. The van der Waals surface area contributed by atoms with Crippen molar-refractivity contribution >= 4 is 17.8 Å². The lowest BCUT2D eigenvalue weighted by Crippen LogP contribution is -2.44. The fourth-order valence-electron chi connectivity index (χ4n) is 3.82. The molecule has 0 saturated heterocycles. The molecule has 1 heterocycles. The second-order valence-electron chi connectivity index (χ2n) is 8.39. The van der Waals surface area contributed by atoms with Crippen molar-refractivity contribution in [2.24, 2.45) is 0 Å². The highest BCUT2D eigenvalue weighted by Crippen LogP contribution is 2.29. The highest BCUT2D eigenvalue weighted by molar-refractivity contribution is 5.87. The highest BCUT2D eigenvalue weighted by Gasteiger charge is 2.34. The molecule has 0 radical (unpaired) electrons. The maximum atomic E-state index is 13.4. The smallest absolute Gasteiger partial charge is 0.306 e. The van der Waals surface area contributed by atoms with Gasteiger partial charge in [-0.25, -0.2) is 0 Å². The van der Waals surface area contributed by atoms with Crippen LogP contribution in [0.1, 0.15) is 43.9 Å². The van der Waals surface area contributed by atoms with Crippen molar-refractivity contribution in [1.29, 1.82) is 0 Å². The molecule has 1 saturated carbocycles. The topological polar surface area (TPSA) is 98.5 Å². The third kappa shape index (κ3) is 7.77. The van der Waals surface area contributed by atoms with Crippen molar-refractivity contribution in [2.75, 3.05) is 33.9 Å². The van der Waals surface area contributed by atoms with E-state index in [9.17, 15) is 14.4 Å². The molecule has 1 fully saturated rings. The second-order valence-corrected chi connectivity index (χ2v) is 8.39. The van der Waals surface area contributed by atoms with Crippen molar-refractivity contribution in [3.63, 3.8) is 0 Å². The normalized spacial score (nSPS) is 12.7. The Balaban J connectivity index is 1.67. The Hall–Kier alpha value is -3.49. The van der Waals surface area contributed by atoms with Gasteiger partial charge >= 0.3 is 5.97 Å². The summed E-state index contributed by atoms with van der Waals surface area (Å²) in [5, 5.41) is 0. The molecule has 190 valence electrons. The number of benzene rings is 1. The van der Waals surface area contributed by atoms with Gasteiger partial charge in [0.05, 0.1) is 40.1 Å². The molecule has 35 heavy (non-hydrogen) atoms. The lowest BCUT2D eigenvalue weighted by atomic mass is 10.1. The van der Waals surface area contributed by atoms with Crippen LogP contribution in [0.2, 0.25) is 0 Å². The number of ether oxygens (including phenoxy) is 3. The van der Waals surface area contributed by atoms with Gasteiger partial charge in [-0.3, -0.25) is 14.4 Å².